The van der Waals surface area contributed by atoms with E-state index in [2.05, 4.69) is 9.44 Å². The maximum atomic E-state index is 11.6. The number of carboxylic acids is 1. The summed E-state index contributed by atoms with van der Waals surface area (Å²) >= 11 is 0. The van der Waals surface area contributed by atoms with Gasteiger partial charge in [-0.15, -0.1) is 0 Å². The Morgan fingerprint density at radius 1 is 1.41 bits per heavy atom. The number of aliphatic carboxylic acids is 1. The van der Waals surface area contributed by atoms with Gasteiger partial charge in [-0.1, -0.05) is 13.3 Å². The summed E-state index contributed by atoms with van der Waals surface area (Å²) in [4.78, 5) is 10.8. The van der Waals surface area contributed by atoms with Crippen molar-refractivity contribution in [2.45, 2.75) is 45.1 Å². The van der Waals surface area contributed by atoms with E-state index in [1.165, 1.54) is 0 Å². The zero-order valence-electron chi connectivity index (χ0n) is 9.98. The quantitative estimate of drug-likeness (QED) is 0.649. The Bertz CT molecular complexity index is 355. The molecular formula is C10H20N2O4S. The largest absolute Gasteiger partial charge is 0.481 e. The summed E-state index contributed by atoms with van der Waals surface area (Å²) in [7, 11) is -3.49. The van der Waals surface area contributed by atoms with Gasteiger partial charge in [-0.05, 0) is 25.7 Å². The first-order valence-corrected chi connectivity index (χ1v) is 7.42. The minimum atomic E-state index is -3.49. The van der Waals surface area contributed by atoms with Crippen LogP contribution in [0, 0.1) is 5.92 Å². The van der Waals surface area contributed by atoms with Crippen molar-refractivity contribution in [1.29, 1.82) is 0 Å². The summed E-state index contributed by atoms with van der Waals surface area (Å²) in [5, 5.41) is 8.90. The van der Waals surface area contributed by atoms with Gasteiger partial charge >= 0.3 is 5.97 Å². The second-order valence-electron chi connectivity index (χ2n) is 4.41. The lowest BCUT2D eigenvalue weighted by atomic mass is 9.86. The zero-order chi connectivity index (χ0) is 12.9. The van der Waals surface area contributed by atoms with Crippen molar-refractivity contribution < 1.29 is 18.3 Å². The third-order valence-electron chi connectivity index (χ3n) is 2.89. The van der Waals surface area contributed by atoms with Crippen molar-refractivity contribution in [2.24, 2.45) is 5.92 Å². The van der Waals surface area contributed by atoms with E-state index < -0.39 is 22.1 Å². The van der Waals surface area contributed by atoms with Crippen LogP contribution in [0.25, 0.3) is 0 Å². The van der Waals surface area contributed by atoms with E-state index >= 15 is 0 Å². The zero-order valence-corrected chi connectivity index (χ0v) is 10.8. The lowest BCUT2D eigenvalue weighted by molar-refractivity contribution is -0.143. The molecule has 0 heterocycles. The van der Waals surface area contributed by atoms with Gasteiger partial charge in [0, 0.05) is 12.6 Å². The van der Waals surface area contributed by atoms with Gasteiger partial charge in [-0.25, -0.2) is 4.72 Å². The van der Waals surface area contributed by atoms with Crippen LogP contribution in [0.2, 0.25) is 0 Å². The average molecular weight is 264 g/mol. The van der Waals surface area contributed by atoms with Crippen LogP contribution in [0.3, 0.4) is 0 Å². The molecule has 100 valence electrons. The lowest BCUT2D eigenvalue weighted by Crippen LogP contribution is -2.45. The van der Waals surface area contributed by atoms with Crippen LogP contribution in [0.1, 0.15) is 39.0 Å². The summed E-state index contributed by atoms with van der Waals surface area (Å²) in [6.45, 7) is 2.27. The molecular weight excluding hydrogens is 244 g/mol. The number of rotatable bonds is 6. The topological polar surface area (TPSA) is 95.5 Å². The second-order valence-corrected chi connectivity index (χ2v) is 5.95. The highest BCUT2D eigenvalue weighted by molar-refractivity contribution is 7.87. The van der Waals surface area contributed by atoms with Crippen molar-refractivity contribution in [3.05, 3.63) is 0 Å². The van der Waals surface area contributed by atoms with Gasteiger partial charge < -0.3 is 5.11 Å². The number of carboxylic acid groups (broad SMARTS) is 1. The molecule has 0 radical (unpaired) electrons. The monoisotopic (exact) mass is 264 g/mol. The molecule has 1 fully saturated rings. The molecule has 1 aliphatic carbocycles. The van der Waals surface area contributed by atoms with Crippen molar-refractivity contribution in [3.8, 4) is 0 Å². The van der Waals surface area contributed by atoms with Crippen molar-refractivity contribution in [3.63, 3.8) is 0 Å². The molecule has 6 nitrogen and oxygen atoms in total. The predicted octanol–water partition coefficient (Wildman–Crippen LogP) is 0.464. The van der Waals surface area contributed by atoms with Crippen LogP contribution >= 0.6 is 0 Å². The Labute approximate surface area is 102 Å². The maximum absolute atomic E-state index is 11.6. The molecule has 0 spiro atoms. The molecule has 1 saturated carbocycles. The lowest BCUT2D eigenvalue weighted by Gasteiger charge is -2.27. The minimum absolute atomic E-state index is 0.265. The van der Waals surface area contributed by atoms with Crippen LogP contribution in [0.5, 0.6) is 0 Å². The Kier molecular flexibility index (Phi) is 5.35. The fraction of sp³-hybridized carbons (Fsp3) is 0.900. The van der Waals surface area contributed by atoms with Gasteiger partial charge in [0.05, 0.1) is 5.92 Å². The van der Waals surface area contributed by atoms with Crippen LogP contribution in [-0.4, -0.2) is 32.1 Å². The van der Waals surface area contributed by atoms with E-state index in [0.29, 0.717) is 25.8 Å². The predicted molar refractivity (Wildman–Crippen MR) is 63.7 cm³/mol. The molecule has 7 heteroatoms. The molecule has 1 rings (SSSR count). The van der Waals surface area contributed by atoms with Gasteiger partial charge in [0.1, 0.15) is 0 Å². The third kappa shape index (κ3) is 5.01. The van der Waals surface area contributed by atoms with Gasteiger partial charge in [0.15, 0.2) is 0 Å². The van der Waals surface area contributed by atoms with Gasteiger partial charge in [0.25, 0.3) is 10.2 Å². The first-order valence-electron chi connectivity index (χ1n) is 5.94. The summed E-state index contributed by atoms with van der Waals surface area (Å²) in [5.41, 5.74) is 0. The molecule has 0 aromatic rings. The Morgan fingerprint density at radius 2 is 2.12 bits per heavy atom. The van der Waals surface area contributed by atoms with E-state index in [4.69, 9.17) is 5.11 Å². The first kappa shape index (κ1) is 14.4. The number of hydrogen-bond acceptors (Lipinski definition) is 3. The first-order chi connectivity index (χ1) is 7.94. The number of hydrogen-bond donors (Lipinski definition) is 3. The Hall–Kier alpha value is -0.660. The van der Waals surface area contributed by atoms with E-state index in [1.54, 1.807) is 0 Å². The van der Waals surface area contributed by atoms with Crippen molar-refractivity contribution >= 4 is 16.2 Å². The van der Waals surface area contributed by atoms with Crippen molar-refractivity contribution in [1.82, 2.24) is 9.44 Å². The fourth-order valence-corrected chi connectivity index (χ4v) is 3.23. The molecule has 1 aliphatic rings. The van der Waals surface area contributed by atoms with Crippen LogP contribution in [0.15, 0.2) is 0 Å². The maximum Gasteiger partial charge on any atom is 0.306 e. The summed E-state index contributed by atoms with van der Waals surface area (Å²) in [6, 6.07) is -0.265. The molecule has 0 aromatic carbocycles. The molecule has 17 heavy (non-hydrogen) atoms. The molecule has 0 saturated heterocycles. The molecule has 2 unspecified atom stereocenters. The van der Waals surface area contributed by atoms with Gasteiger partial charge in [0.2, 0.25) is 0 Å². The normalized spacial score (nSPS) is 25.7. The van der Waals surface area contributed by atoms with Gasteiger partial charge in [-0.2, -0.15) is 13.1 Å². The van der Waals surface area contributed by atoms with E-state index in [-0.39, 0.29) is 6.04 Å². The Balaban J connectivity index is 2.48. The molecule has 0 bridgehead atoms. The van der Waals surface area contributed by atoms with Crippen LogP contribution < -0.4 is 9.44 Å². The van der Waals surface area contributed by atoms with Gasteiger partial charge in [-0.3, -0.25) is 4.79 Å². The number of carbonyl (C=O) groups is 1. The highest BCUT2D eigenvalue weighted by Gasteiger charge is 2.29. The minimum Gasteiger partial charge on any atom is -0.481 e. The smallest absolute Gasteiger partial charge is 0.306 e. The van der Waals surface area contributed by atoms with E-state index in [0.717, 1.165) is 12.8 Å². The summed E-state index contributed by atoms with van der Waals surface area (Å²) in [6.07, 6.45) is 3.19. The highest BCUT2D eigenvalue weighted by Crippen LogP contribution is 2.24. The fourth-order valence-electron chi connectivity index (χ4n) is 2.02. The SMILES string of the molecule is CCCNS(=O)(=O)NC1CCCC(C(=O)O)C1. The standard InChI is InChI=1S/C10H20N2O4S/c1-2-6-11-17(15,16)12-9-5-3-4-8(7-9)10(13)14/h8-9,11-12H,2-7H2,1H3,(H,13,14). The van der Waals surface area contributed by atoms with E-state index in [9.17, 15) is 13.2 Å². The average Bonchev–Trinajstić information content (AvgIpc) is 2.26. The molecule has 3 N–H and O–H groups in total. The van der Waals surface area contributed by atoms with E-state index in [1.807, 2.05) is 6.92 Å². The Morgan fingerprint density at radius 3 is 2.71 bits per heavy atom. The summed E-state index contributed by atoms with van der Waals surface area (Å²) < 4.78 is 28.1. The summed E-state index contributed by atoms with van der Waals surface area (Å²) in [5.74, 6) is -1.27. The van der Waals surface area contributed by atoms with Crippen LogP contribution in [-0.2, 0) is 15.0 Å². The molecule has 0 amide bonds. The van der Waals surface area contributed by atoms with Crippen molar-refractivity contribution in [2.75, 3.05) is 6.54 Å². The highest BCUT2D eigenvalue weighted by atomic mass is 32.2. The molecule has 2 atom stereocenters. The third-order valence-corrected chi connectivity index (χ3v) is 4.12. The van der Waals surface area contributed by atoms with Crippen LogP contribution in [0.4, 0.5) is 0 Å². The molecule has 0 aromatic heterocycles. The number of nitrogens with one attached hydrogen (secondary N) is 2. The second kappa shape index (κ2) is 6.32. The molecule has 0 aliphatic heterocycles.